The lowest BCUT2D eigenvalue weighted by Gasteiger charge is -2.26. The molecule has 0 aliphatic heterocycles. The first-order valence-corrected chi connectivity index (χ1v) is 5.31. The highest BCUT2D eigenvalue weighted by molar-refractivity contribution is 5.06. The molecule has 78 valence electrons. The first kappa shape index (κ1) is 9.71. The van der Waals surface area contributed by atoms with Gasteiger partial charge in [-0.1, -0.05) is 13.3 Å². The van der Waals surface area contributed by atoms with Gasteiger partial charge in [0.25, 0.3) is 0 Å². The van der Waals surface area contributed by atoms with Crippen LogP contribution >= 0.6 is 0 Å². The second-order valence-electron chi connectivity index (χ2n) is 4.55. The Kier molecular flexibility index (Phi) is 2.35. The maximum Gasteiger partial charge on any atom is 0.0729 e. The molecule has 1 heterocycles. The lowest BCUT2D eigenvalue weighted by molar-refractivity contribution is 0.00863. The third-order valence-electron chi connectivity index (χ3n) is 3.42. The Morgan fingerprint density at radius 3 is 3.00 bits per heavy atom. The van der Waals surface area contributed by atoms with Gasteiger partial charge in [0.15, 0.2) is 0 Å². The van der Waals surface area contributed by atoms with Crippen LogP contribution in [-0.4, -0.2) is 20.5 Å². The molecule has 1 N–H and O–H groups in total. The van der Waals surface area contributed by atoms with E-state index in [9.17, 15) is 5.11 Å². The first-order valence-electron chi connectivity index (χ1n) is 5.31. The maximum absolute atomic E-state index is 10.4. The van der Waals surface area contributed by atoms with Crippen LogP contribution in [0.1, 0.15) is 31.9 Å². The molecule has 1 aliphatic carbocycles. The number of hydrogen-bond donors (Lipinski definition) is 1. The van der Waals surface area contributed by atoms with E-state index in [0.29, 0.717) is 12.3 Å². The molecule has 1 aromatic heterocycles. The number of aliphatic hydroxyl groups is 1. The third-order valence-corrected chi connectivity index (χ3v) is 3.42. The molecule has 2 unspecified atom stereocenters. The zero-order valence-corrected chi connectivity index (χ0v) is 8.90. The Labute approximate surface area is 84.7 Å². The average molecular weight is 194 g/mol. The Balaban J connectivity index is 2.10. The zero-order valence-electron chi connectivity index (χ0n) is 8.90. The minimum atomic E-state index is -0.506. The SMILES string of the molecule is CC1CCCC1(O)Cc1ccn(C)n1. The maximum atomic E-state index is 10.4. The predicted octanol–water partition coefficient (Wildman–Crippen LogP) is 1.51. The second-order valence-corrected chi connectivity index (χ2v) is 4.55. The molecule has 0 saturated heterocycles. The van der Waals surface area contributed by atoms with Gasteiger partial charge in [0.1, 0.15) is 0 Å². The van der Waals surface area contributed by atoms with E-state index in [1.807, 2.05) is 19.3 Å². The summed E-state index contributed by atoms with van der Waals surface area (Å²) >= 11 is 0. The summed E-state index contributed by atoms with van der Waals surface area (Å²) in [6.45, 7) is 2.13. The van der Waals surface area contributed by atoms with Gasteiger partial charge in [-0.2, -0.15) is 5.10 Å². The Bertz CT molecular complexity index is 321. The molecule has 0 radical (unpaired) electrons. The van der Waals surface area contributed by atoms with E-state index in [-0.39, 0.29) is 0 Å². The van der Waals surface area contributed by atoms with E-state index in [1.54, 1.807) is 4.68 Å². The molecule has 1 aliphatic rings. The summed E-state index contributed by atoms with van der Waals surface area (Å²) in [5.74, 6) is 0.407. The molecule has 1 aromatic rings. The lowest BCUT2D eigenvalue weighted by Crippen LogP contribution is -2.34. The van der Waals surface area contributed by atoms with Crippen LogP contribution in [0, 0.1) is 5.92 Å². The third kappa shape index (κ3) is 1.69. The standard InChI is InChI=1S/C11H18N2O/c1-9-4-3-6-11(9,14)8-10-5-7-13(2)12-10/h5,7,9,14H,3-4,6,8H2,1-2H3. The molecule has 14 heavy (non-hydrogen) atoms. The minimum absolute atomic E-state index is 0.407. The number of aromatic nitrogens is 2. The summed E-state index contributed by atoms with van der Waals surface area (Å²) in [6, 6.07) is 1.99. The van der Waals surface area contributed by atoms with Gasteiger partial charge in [-0.15, -0.1) is 0 Å². The summed E-state index contributed by atoms with van der Waals surface area (Å²) in [7, 11) is 1.91. The number of rotatable bonds is 2. The van der Waals surface area contributed by atoms with E-state index >= 15 is 0 Å². The van der Waals surface area contributed by atoms with Gasteiger partial charge < -0.3 is 5.11 Å². The van der Waals surface area contributed by atoms with Gasteiger partial charge >= 0.3 is 0 Å². The van der Waals surface area contributed by atoms with Crippen LogP contribution in [0.25, 0.3) is 0 Å². The molecule has 3 nitrogen and oxygen atoms in total. The summed E-state index contributed by atoms with van der Waals surface area (Å²) in [5.41, 5.74) is 0.498. The fourth-order valence-electron chi connectivity index (χ4n) is 2.36. The van der Waals surface area contributed by atoms with Gasteiger partial charge in [0.05, 0.1) is 11.3 Å². The van der Waals surface area contributed by atoms with Crippen LogP contribution < -0.4 is 0 Å². The summed E-state index contributed by atoms with van der Waals surface area (Å²) < 4.78 is 1.79. The highest BCUT2D eigenvalue weighted by atomic mass is 16.3. The fourth-order valence-corrected chi connectivity index (χ4v) is 2.36. The van der Waals surface area contributed by atoms with Crippen LogP contribution in [0.5, 0.6) is 0 Å². The molecule has 1 saturated carbocycles. The monoisotopic (exact) mass is 194 g/mol. The van der Waals surface area contributed by atoms with Crippen molar-refractivity contribution in [2.24, 2.45) is 13.0 Å². The molecule has 0 amide bonds. The van der Waals surface area contributed by atoms with E-state index < -0.39 is 5.60 Å². The average Bonchev–Trinajstić information content (AvgIpc) is 2.62. The van der Waals surface area contributed by atoms with Crippen LogP contribution in [0.4, 0.5) is 0 Å². The van der Waals surface area contributed by atoms with Crippen molar-refractivity contribution in [3.63, 3.8) is 0 Å². The molecule has 0 bridgehead atoms. The zero-order chi connectivity index (χ0) is 10.2. The quantitative estimate of drug-likeness (QED) is 0.775. The van der Waals surface area contributed by atoms with Crippen molar-refractivity contribution in [3.05, 3.63) is 18.0 Å². The van der Waals surface area contributed by atoms with Crippen molar-refractivity contribution >= 4 is 0 Å². The van der Waals surface area contributed by atoms with Crippen molar-refractivity contribution in [1.82, 2.24) is 9.78 Å². The topological polar surface area (TPSA) is 38.0 Å². The molecule has 1 fully saturated rings. The van der Waals surface area contributed by atoms with Crippen molar-refractivity contribution < 1.29 is 5.11 Å². The van der Waals surface area contributed by atoms with Gasteiger partial charge in [0.2, 0.25) is 0 Å². The van der Waals surface area contributed by atoms with Crippen molar-refractivity contribution in [1.29, 1.82) is 0 Å². The number of nitrogens with zero attached hydrogens (tertiary/aromatic N) is 2. The predicted molar refractivity (Wildman–Crippen MR) is 54.9 cm³/mol. The van der Waals surface area contributed by atoms with Gasteiger partial charge in [-0.25, -0.2) is 0 Å². The smallest absolute Gasteiger partial charge is 0.0729 e. The largest absolute Gasteiger partial charge is 0.389 e. The van der Waals surface area contributed by atoms with E-state index in [2.05, 4.69) is 12.0 Å². The van der Waals surface area contributed by atoms with Crippen LogP contribution in [0.2, 0.25) is 0 Å². The Hall–Kier alpha value is -0.830. The van der Waals surface area contributed by atoms with Crippen LogP contribution in [-0.2, 0) is 13.5 Å². The highest BCUT2D eigenvalue weighted by Gasteiger charge is 2.38. The molecule has 2 rings (SSSR count). The molecule has 2 atom stereocenters. The van der Waals surface area contributed by atoms with E-state index in [4.69, 9.17) is 0 Å². The molecule has 0 spiro atoms. The van der Waals surface area contributed by atoms with Gasteiger partial charge in [-0.05, 0) is 24.8 Å². The molecule has 0 aromatic carbocycles. The van der Waals surface area contributed by atoms with Crippen LogP contribution in [0.15, 0.2) is 12.3 Å². The Morgan fingerprint density at radius 2 is 2.50 bits per heavy atom. The molecule has 3 heteroatoms. The van der Waals surface area contributed by atoms with Gasteiger partial charge in [0, 0.05) is 19.7 Å². The summed E-state index contributed by atoms with van der Waals surface area (Å²) in [6.07, 6.45) is 5.84. The van der Waals surface area contributed by atoms with Crippen molar-refractivity contribution in [2.75, 3.05) is 0 Å². The highest BCUT2D eigenvalue weighted by Crippen LogP contribution is 2.37. The van der Waals surface area contributed by atoms with Crippen molar-refractivity contribution in [3.8, 4) is 0 Å². The van der Waals surface area contributed by atoms with Crippen molar-refractivity contribution in [2.45, 2.75) is 38.2 Å². The fraction of sp³-hybridized carbons (Fsp3) is 0.727. The van der Waals surface area contributed by atoms with E-state index in [0.717, 1.165) is 25.0 Å². The molecular formula is C11H18N2O. The second kappa shape index (κ2) is 3.39. The van der Waals surface area contributed by atoms with E-state index in [1.165, 1.54) is 0 Å². The lowest BCUT2D eigenvalue weighted by atomic mass is 9.88. The molecular weight excluding hydrogens is 176 g/mol. The number of aryl methyl sites for hydroxylation is 1. The first-order chi connectivity index (χ1) is 6.60. The normalized spacial score (nSPS) is 32.4. The summed E-state index contributed by atoms with van der Waals surface area (Å²) in [5, 5.41) is 14.7. The minimum Gasteiger partial charge on any atom is -0.389 e. The van der Waals surface area contributed by atoms with Gasteiger partial charge in [-0.3, -0.25) is 4.68 Å². The van der Waals surface area contributed by atoms with Crippen LogP contribution in [0.3, 0.4) is 0 Å². The Morgan fingerprint density at radius 1 is 1.71 bits per heavy atom. The summed E-state index contributed by atoms with van der Waals surface area (Å²) in [4.78, 5) is 0. The number of hydrogen-bond acceptors (Lipinski definition) is 2.